The molecule has 16 heavy (non-hydrogen) atoms. The summed E-state index contributed by atoms with van der Waals surface area (Å²) in [4.78, 5) is 21.6. The molecule has 1 aromatic rings. The first-order valence-corrected chi connectivity index (χ1v) is 5.63. The van der Waals surface area contributed by atoms with Gasteiger partial charge in [-0.15, -0.1) is 0 Å². The Labute approximate surface area is 99.7 Å². The number of ether oxygens (including phenoxy) is 1. The fourth-order valence-electron chi connectivity index (χ4n) is 1.63. The van der Waals surface area contributed by atoms with E-state index in [-0.39, 0.29) is 5.75 Å². The van der Waals surface area contributed by atoms with Gasteiger partial charge in [-0.3, -0.25) is 4.79 Å². The molecule has 1 aliphatic rings. The molecule has 1 aromatic carbocycles. The van der Waals surface area contributed by atoms with Crippen LogP contribution in [0, 0.1) is 11.7 Å². The van der Waals surface area contributed by atoms with Gasteiger partial charge in [-0.25, -0.2) is 4.39 Å². The lowest BCUT2D eigenvalue weighted by Crippen LogP contribution is -2.34. The van der Waals surface area contributed by atoms with E-state index in [1.165, 1.54) is 12.1 Å². The Balaban J connectivity index is 2.32. The number of fused-ring (bicyclic) bond motifs is 1. The minimum atomic E-state index is -0.571. The van der Waals surface area contributed by atoms with Crippen LogP contribution >= 0.6 is 15.9 Å². The van der Waals surface area contributed by atoms with E-state index in [4.69, 9.17) is 4.74 Å². The number of aldehydes is 1. The normalized spacial score (nSPS) is 20.9. The minimum Gasteiger partial charge on any atom is -0.426 e. The fraction of sp³-hybridized carbons (Fsp3) is 0.273. The molecule has 0 N–H and O–H groups in total. The Kier molecular flexibility index (Phi) is 3.05. The third-order valence-electron chi connectivity index (χ3n) is 2.50. The van der Waals surface area contributed by atoms with Crippen molar-refractivity contribution in [1.82, 2.24) is 0 Å². The van der Waals surface area contributed by atoms with Crippen LogP contribution in [0.1, 0.15) is 5.56 Å². The van der Waals surface area contributed by atoms with E-state index in [0.29, 0.717) is 12.7 Å². The van der Waals surface area contributed by atoms with Crippen LogP contribution in [0.2, 0.25) is 0 Å². The molecule has 1 aliphatic heterocycles. The van der Waals surface area contributed by atoms with Crippen molar-refractivity contribution in [2.24, 2.45) is 5.92 Å². The fourth-order valence-corrected chi connectivity index (χ4v) is 2.04. The van der Waals surface area contributed by atoms with Gasteiger partial charge in [-0.2, -0.15) is 0 Å². The number of alkyl halides is 1. The number of esters is 1. The van der Waals surface area contributed by atoms with E-state index in [9.17, 15) is 14.0 Å². The lowest BCUT2D eigenvalue weighted by molar-refractivity contribution is -0.140. The number of benzene rings is 1. The highest BCUT2D eigenvalue weighted by atomic mass is 79.9. The maximum Gasteiger partial charge on any atom is 0.316 e. The molecule has 2 rings (SSSR count). The molecule has 0 amide bonds. The molecule has 5 heteroatoms. The highest BCUT2D eigenvalue weighted by molar-refractivity contribution is 9.10. The molecular formula is C11H8BrFO3. The van der Waals surface area contributed by atoms with E-state index in [2.05, 4.69) is 15.9 Å². The van der Waals surface area contributed by atoms with Gasteiger partial charge in [0.05, 0.1) is 10.7 Å². The monoisotopic (exact) mass is 286 g/mol. The Morgan fingerprint density at radius 2 is 2.31 bits per heavy atom. The van der Waals surface area contributed by atoms with Gasteiger partial charge >= 0.3 is 5.97 Å². The standard InChI is InChI=1S/C11H8BrFO3/c12-9(5-14)8-3-6-1-2-7(13)4-10(6)16-11(8)15/h1-2,4-5,8-9H,3H2. The second-order valence-electron chi connectivity index (χ2n) is 3.56. The molecule has 0 aliphatic carbocycles. The summed E-state index contributed by atoms with van der Waals surface area (Å²) in [7, 11) is 0. The Morgan fingerprint density at radius 3 is 3.00 bits per heavy atom. The summed E-state index contributed by atoms with van der Waals surface area (Å²) in [5.41, 5.74) is 0.734. The number of hydrogen-bond donors (Lipinski definition) is 0. The first-order chi connectivity index (χ1) is 7.61. The molecule has 2 unspecified atom stereocenters. The molecule has 0 fully saturated rings. The second-order valence-corrected chi connectivity index (χ2v) is 4.62. The lowest BCUT2D eigenvalue weighted by atomic mass is 9.94. The average Bonchev–Trinajstić information content (AvgIpc) is 2.27. The van der Waals surface area contributed by atoms with Gasteiger partial charge in [0.15, 0.2) is 0 Å². The van der Waals surface area contributed by atoms with Crippen LogP contribution < -0.4 is 4.74 Å². The van der Waals surface area contributed by atoms with Gasteiger partial charge in [0.25, 0.3) is 0 Å². The SMILES string of the molecule is O=CC(Br)C1Cc2ccc(F)cc2OC1=O. The zero-order valence-corrected chi connectivity index (χ0v) is 9.74. The van der Waals surface area contributed by atoms with Crippen molar-refractivity contribution in [3.05, 3.63) is 29.6 Å². The summed E-state index contributed by atoms with van der Waals surface area (Å²) in [6.45, 7) is 0. The van der Waals surface area contributed by atoms with Crippen LogP contribution in [0.25, 0.3) is 0 Å². The summed E-state index contributed by atoms with van der Waals surface area (Å²) >= 11 is 3.10. The quantitative estimate of drug-likeness (QED) is 0.361. The highest BCUT2D eigenvalue weighted by Gasteiger charge is 2.33. The third kappa shape index (κ3) is 2.00. The number of hydrogen-bond acceptors (Lipinski definition) is 3. The van der Waals surface area contributed by atoms with Gasteiger partial charge in [-0.1, -0.05) is 22.0 Å². The predicted octanol–water partition coefficient (Wildman–Crippen LogP) is 1.87. The molecule has 0 aromatic heterocycles. The van der Waals surface area contributed by atoms with E-state index in [0.717, 1.165) is 5.56 Å². The molecule has 3 nitrogen and oxygen atoms in total. The van der Waals surface area contributed by atoms with Crippen molar-refractivity contribution in [1.29, 1.82) is 0 Å². The second kappa shape index (κ2) is 4.33. The van der Waals surface area contributed by atoms with Crippen molar-refractivity contribution < 1.29 is 18.7 Å². The van der Waals surface area contributed by atoms with Gasteiger partial charge < -0.3 is 9.53 Å². The highest BCUT2D eigenvalue weighted by Crippen LogP contribution is 2.31. The van der Waals surface area contributed by atoms with Crippen LogP contribution in [0.15, 0.2) is 18.2 Å². The summed E-state index contributed by atoms with van der Waals surface area (Å²) in [5.74, 6) is -1.26. The number of halogens is 2. The molecule has 0 saturated heterocycles. The predicted molar refractivity (Wildman–Crippen MR) is 58.0 cm³/mol. The topological polar surface area (TPSA) is 43.4 Å². The maximum atomic E-state index is 12.9. The minimum absolute atomic E-state index is 0.242. The first-order valence-electron chi connectivity index (χ1n) is 4.71. The summed E-state index contributed by atoms with van der Waals surface area (Å²) in [6, 6.07) is 4.04. The van der Waals surface area contributed by atoms with Crippen molar-refractivity contribution >= 4 is 28.2 Å². The number of carbonyl (C=O) groups excluding carboxylic acids is 2. The third-order valence-corrected chi connectivity index (χ3v) is 3.35. The van der Waals surface area contributed by atoms with Crippen molar-refractivity contribution in [3.63, 3.8) is 0 Å². The largest absolute Gasteiger partial charge is 0.426 e. The smallest absolute Gasteiger partial charge is 0.316 e. The molecule has 2 atom stereocenters. The van der Waals surface area contributed by atoms with E-state index in [1.807, 2.05) is 0 Å². The van der Waals surface area contributed by atoms with E-state index >= 15 is 0 Å². The zero-order chi connectivity index (χ0) is 11.7. The average molecular weight is 287 g/mol. The van der Waals surface area contributed by atoms with Gasteiger partial charge in [-0.05, 0) is 18.1 Å². The molecule has 0 bridgehead atoms. The Hall–Kier alpha value is -1.23. The molecule has 1 heterocycles. The van der Waals surface area contributed by atoms with Crippen LogP contribution in [0.4, 0.5) is 4.39 Å². The zero-order valence-electron chi connectivity index (χ0n) is 8.15. The molecule has 84 valence electrons. The van der Waals surface area contributed by atoms with Crippen LogP contribution in [-0.4, -0.2) is 17.1 Å². The molecule has 0 spiro atoms. The Morgan fingerprint density at radius 1 is 1.56 bits per heavy atom. The number of carbonyl (C=O) groups is 2. The first kappa shape index (κ1) is 11.3. The van der Waals surface area contributed by atoms with Crippen molar-refractivity contribution in [2.45, 2.75) is 11.2 Å². The lowest BCUT2D eigenvalue weighted by Gasteiger charge is -2.24. The van der Waals surface area contributed by atoms with Crippen molar-refractivity contribution in [3.8, 4) is 5.75 Å². The van der Waals surface area contributed by atoms with Gasteiger partial charge in [0.2, 0.25) is 0 Å². The number of rotatable bonds is 2. The van der Waals surface area contributed by atoms with Crippen LogP contribution in [0.5, 0.6) is 5.75 Å². The Bertz CT molecular complexity index is 447. The summed E-state index contributed by atoms with van der Waals surface area (Å²) < 4.78 is 17.9. The summed E-state index contributed by atoms with van der Waals surface area (Å²) in [5, 5.41) is 0. The van der Waals surface area contributed by atoms with Crippen LogP contribution in [0.3, 0.4) is 0 Å². The molecule has 0 saturated carbocycles. The molecular weight excluding hydrogens is 279 g/mol. The van der Waals surface area contributed by atoms with Gasteiger partial charge in [0, 0.05) is 6.07 Å². The van der Waals surface area contributed by atoms with Crippen LogP contribution in [-0.2, 0) is 16.0 Å². The van der Waals surface area contributed by atoms with E-state index < -0.39 is 22.5 Å². The van der Waals surface area contributed by atoms with Gasteiger partial charge in [0.1, 0.15) is 17.9 Å². The summed E-state index contributed by atoms with van der Waals surface area (Å²) in [6.07, 6.45) is 1.03. The molecule has 0 radical (unpaired) electrons. The van der Waals surface area contributed by atoms with Crippen molar-refractivity contribution in [2.75, 3.05) is 0 Å². The van der Waals surface area contributed by atoms with E-state index in [1.54, 1.807) is 6.07 Å². The maximum absolute atomic E-state index is 12.9.